The van der Waals surface area contributed by atoms with Crippen LogP contribution in [0.25, 0.3) is 10.9 Å². The first-order valence-electron chi connectivity index (χ1n) is 9.66. The van der Waals surface area contributed by atoms with Crippen molar-refractivity contribution in [2.24, 2.45) is 0 Å². The van der Waals surface area contributed by atoms with E-state index in [2.05, 4.69) is 27.2 Å². The van der Waals surface area contributed by atoms with Crippen LogP contribution in [0.15, 0.2) is 27.9 Å². The molecule has 0 amide bonds. The van der Waals surface area contributed by atoms with Gasteiger partial charge in [0.05, 0.1) is 30.0 Å². The van der Waals surface area contributed by atoms with E-state index in [0.29, 0.717) is 17.7 Å². The Labute approximate surface area is 160 Å². The summed E-state index contributed by atoms with van der Waals surface area (Å²) in [6, 6.07) is 4.14. The molecule has 0 saturated carbocycles. The Hall–Kier alpha value is -2.71. The second-order valence-corrected chi connectivity index (χ2v) is 7.51. The number of rotatable bonds is 2. The lowest BCUT2D eigenvalue weighted by Crippen LogP contribution is -2.32. The number of benzene rings is 1. The molecule has 0 aliphatic carbocycles. The first kappa shape index (κ1) is 17.4. The zero-order valence-corrected chi connectivity index (χ0v) is 15.7. The topological polar surface area (TPSA) is 102 Å². The molecular weight excluding hydrogens is 360 g/mol. The molecule has 5 rings (SSSR count). The molecule has 8 nitrogen and oxygen atoms in total. The van der Waals surface area contributed by atoms with Gasteiger partial charge in [0.1, 0.15) is 0 Å². The normalized spacial score (nSPS) is 22.3. The molecular formula is C20H22N4O4. The molecule has 4 heterocycles. The largest absolute Gasteiger partial charge is 0.368 e. The number of H-pyrrole nitrogens is 2. The molecule has 2 aliphatic rings. The number of aromatic amines is 2. The second kappa shape index (κ2) is 6.72. The smallest absolute Gasteiger partial charge is 0.325 e. The quantitative estimate of drug-likeness (QED) is 0.708. The molecule has 2 N–H and O–H groups in total. The molecule has 2 atom stereocenters. The third-order valence-corrected chi connectivity index (χ3v) is 5.74. The maximum absolute atomic E-state index is 12.0. The summed E-state index contributed by atoms with van der Waals surface area (Å²) in [5.41, 5.74) is 3.43. The van der Waals surface area contributed by atoms with Gasteiger partial charge in [-0.15, -0.1) is 0 Å². The monoisotopic (exact) mass is 382 g/mol. The minimum Gasteiger partial charge on any atom is -0.368 e. The van der Waals surface area contributed by atoms with Crippen LogP contribution in [0.1, 0.15) is 54.0 Å². The highest BCUT2D eigenvalue weighted by Gasteiger charge is 2.28. The Morgan fingerprint density at radius 1 is 1.18 bits per heavy atom. The van der Waals surface area contributed by atoms with E-state index in [1.54, 1.807) is 0 Å². The van der Waals surface area contributed by atoms with Gasteiger partial charge in [-0.25, -0.2) is 9.48 Å². The standard InChI is InChI=1S/C20H22N4O4/c1-11-5-6-15-12(9-21-24(15)17-4-2-3-7-27-17)18(11)16-8-14-13(10-28-16)19(25)23-20(26)22-14/h5-6,9,16-17H,2-4,7-8,10H2,1H3,(H2,22,23,25,26). The fourth-order valence-corrected chi connectivity index (χ4v) is 4.32. The van der Waals surface area contributed by atoms with Crippen molar-refractivity contribution < 1.29 is 9.47 Å². The van der Waals surface area contributed by atoms with E-state index in [-0.39, 0.29) is 24.5 Å². The van der Waals surface area contributed by atoms with Crippen LogP contribution in [0.5, 0.6) is 0 Å². The number of aromatic nitrogens is 4. The van der Waals surface area contributed by atoms with Crippen molar-refractivity contribution in [2.75, 3.05) is 6.61 Å². The molecule has 0 bridgehead atoms. The highest BCUT2D eigenvalue weighted by molar-refractivity contribution is 5.84. The SMILES string of the molecule is Cc1ccc2c(cnn2C2CCCCO2)c1C1Cc2[nH]c(=O)[nH]c(=O)c2CO1. The summed E-state index contributed by atoms with van der Waals surface area (Å²) in [5.74, 6) is 0. The number of aryl methyl sites for hydroxylation is 1. The van der Waals surface area contributed by atoms with Gasteiger partial charge in [0, 0.05) is 24.1 Å². The zero-order chi connectivity index (χ0) is 19.3. The molecule has 3 aromatic rings. The highest BCUT2D eigenvalue weighted by atomic mass is 16.5. The van der Waals surface area contributed by atoms with Crippen molar-refractivity contribution in [2.45, 2.75) is 51.5 Å². The number of nitrogens with one attached hydrogen (secondary N) is 2. The van der Waals surface area contributed by atoms with E-state index < -0.39 is 5.69 Å². The number of fused-ring (bicyclic) bond motifs is 2. The van der Waals surface area contributed by atoms with Crippen LogP contribution in [-0.2, 0) is 22.5 Å². The van der Waals surface area contributed by atoms with Crippen molar-refractivity contribution >= 4 is 10.9 Å². The Balaban J connectivity index is 1.57. The molecule has 2 aliphatic heterocycles. The molecule has 28 heavy (non-hydrogen) atoms. The molecule has 8 heteroatoms. The van der Waals surface area contributed by atoms with Gasteiger partial charge in [0.2, 0.25) is 0 Å². The third kappa shape index (κ3) is 2.80. The molecule has 0 radical (unpaired) electrons. The Morgan fingerprint density at radius 3 is 2.89 bits per heavy atom. The average molecular weight is 382 g/mol. The van der Waals surface area contributed by atoms with Crippen LogP contribution in [0.4, 0.5) is 0 Å². The van der Waals surface area contributed by atoms with Gasteiger partial charge in [0.25, 0.3) is 5.56 Å². The van der Waals surface area contributed by atoms with Crippen LogP contribution in [-0.4, -0.2) is 26.4 Å². The first-order chi connectivity index (χ1) is 13.6. The predicted molar refractivity (Wildman–Crippen MR) is 102 cm³/mol. The van der Waals surface area contributed by atoms with Crippen molar-refractivity contribution in [1.29, 1.82) is 0 Å². The molecule has 146 valence electrons. The lowest BCUT2D eigenvalue weighted by Gasteiger charge is -2.27. The lowest BCUT2D eigenvalue weighted by atomic mass is 9.93. The molecule has 1 saturated heterocycles. The van der Waals surface area contributed by atoms with Gasteiger partial charge in [-0.3, -0.25) is 9.78 Å². The summed E-state index contributed by atoms with van der Waals surface area (Å²) < 4.78 is 13.9. The number of hydrogen-bond donors (Lipinski definition) is 2. The van der Waals surface area contributed by atoms with E-state index in [1.807, 2.05) is 17.8 Å². The summed E-state index contributed by atoms with van der Waals surface area (Å²) >= 11 is 0. The Morgan fingerprint density at radius 2 is 2.07 bits per heavy atom. The first-order valence-corrected chi connectivity index (χ1v) is 9.66. The number of nitrogens with zero attached hydrogens (tertiary/aromatic N) is 2. The fraction of sp³-hybridized carbons (Fsp3) is 0.450. The Kier molecular flexibility index (Phi) is 4.17. The van der Waals surface area contributed by atoms with Gasteiger partial charge in [-0.2, -0.15) is 5.10 Å². The van der Waals surface area contributed by atoms with Gasteiger partial charge < -0.3 is 14.5 Å². The van der Waals surface area contributed by atoms with E-state index in [0.717, 1.165) is 47.9 Å². The predicted octanol–water partition coefficient (Wildman–Crippen LogP) is 2.23. The van der Waals surface area contributed by atoms with Crippen LogP contribution >= 0.6 is 0 Å². The van der Waals surface area contributed by atoms with Crippen LogP contribution in [0.3, 0.4) is 0 Å². The summed E-state index contributed by atoms with van der Waals surface area (Å²) in [6.07, 6.45) is 5.21. The maximum atomic E-state index is 12.0. The van der Waals surface area contributed by atoms with E-state index in [4.69, 9.17) is 9.47 Å². The highest BCUT2D eigenvalue weighted by Crippen LogP contribution is 2.36. The van der Waals surface area contributed by atoms with Crippen LogP contribution in [0.2, 0.25) is 0 Å². The zero-order valence-electron chi connectivity index (χ0n) is 15.7. The van der Waals surface area contributed by atoms with Gasteiger partial charge in [-0.1, -0.05) is 6.07 Å². The Bertz CT molecular complexity index is 1150. The van der Waals surface area contributed by atoms with E-state index in [9.17, 15) is 9.59 Å². The number of ether oxygens (including phenoxy) is 2. The van der Waals surface area contributed by atoms with Crippen LogP contribution < -0.4 is 11.2 Å². The molecule has 2 unspecified atom stereocenters. The average Bonchev–Trinajstić information content (AvgIpc) is 3.12. The summed E-state index contributed by atoms with van der Waals surface area (Å²) in [5, 5.41) is 5.63. The minimum atomic E-state index is -0.485. The summed E-state index contributed by atoms with van der Waals surface area (Å²) in [7, 11) is 0. The van der Waals surface area contributed by atoms with Crippen molar-refractivity contribution in [3.63, 3.8) is 0 Å². The molecule has 2 aromatic heterocycles. The minimum absolute atomic E-state index is 0.0373. The maximum Gasteiger partial charge on any atom is 0.325 e. The van der Waals surface area contributed by atoms with Crippen molar-refractivity contribution in [3.8, 4) is 0 Å². The fourth-order valence-electron chi connectivity index (χ4n) is 4.32. The molecule has 0 spiro atoms. The summed E-state index contributed by atoms with van der Waals surface area (Å²) in [6.45, 7) is 2.97. The number of hydrogen-bond acceptors (Lipinski definition) is 5. The third-order valence-electron chi connectivity index (χ3n) is 5.74. The van der Waals surface area contributed by atoms with Gasteiger partial charge in [0.15, 0.2) is 6.23 Å². The second-order valence-electron chi connectivity index (χ2n) is 7.51. The lowest BCUT2D eigenvalue weighted by molar-refractivity contribution is -0.0366. The van der Waals surface area contributed by atoms with Crippen molar-refractivity contribution in [1.82, 2.24) is 19.7 Å². The van der Waals surface area contributed by atoms with Gasteiger partial charge >= 0.3 is 5.69 Å². The molecule has 1 aromatic carbocycles. The van der Waals surface area contributed by atoms with E-state index in [1.165, 1.54) is 0 Å². The van der Waals surface area contributed by atoms with Crippen LogP contribution in [0, 0.1) is 6.92 Å². The van der Waals surface area contributed by atoms with E-state index >= 15 is 0 Å². The van der Waals surface area contributed by atoms with Gasteiger partial charge in [-0.05, 0) is 43.4 Å². The molecule has 1 fully saturated rings. The summed E-state index contributed by atoms with van der Waals surface area (Å²) in [4.78, 5) is 28.7. The van der Waals surface area contributed by atoms with Crippen molar-refractivity contribution in [3.05, 3.63) is 61.6 Å².